The summed E-state index contributed by atoms with van der Waals surface area (Å²) in [5.41, 5.74) is 0.899. The molecule has 0 amide bonds. The van der Waals surface area contributed by atoms with Crippen LogP contribution < -0.4 is 4.74 Å². The van der Waals surface area contributed by atoms with Crippen molar-refractivity contribution in [2.75, 3.05) is 14.2 Å². The average Bonchev–Trinajstić information content (AvgIpc) is 2.94. The standard InChI is InChI=1S/C13H15N3O3S/c1-8(12(17)19-3)20-13-14-11(15-16-13)9-4-6-10(18-2)7-5-9/h4-8H,1-3H3,(H,14,15,16)/t8-/m0/s1. The van der Waals surface area contributed by atoms with Crippen LogP contribution in [0.3, 0.4) is 0 Å². The topological polar surface area (TPSA) is 77.1 Å². The van der Waals surface area contributed by atoms with Gasteiger partial charge in [-0.2, -0.15) is 0 Å². The number of nitrogens with zero attached hydrogens (tertiary/aromatic N) is 2. The fraction of sp³-hybridized carbons (Fsp3) is 0.308. The molecule has 0 aliphatic heterocycles. The number of ether oxygens (including phenoxy) is 2. The van der Waals surface area contributed by atoms with Crippen LogP contribution in [0.5, 0.6) is 5.75 Å². The van der Waals surface area contributed by atoms with Gasteiger partial charge in [0.1, 0.15) is 11.0 Å². The number of nitrogens with one attached hydrogen (secondary N) is 1. The average molecular weight is 293 g/mol. The maximum atomic E-state index is 11.3. The number of H-pyrrole nitrogens is 1. The molecule has 7 heteroatoms. The van der Waals surface area contributed by atoms with Gasteiger partial charge in [0.05, 0.1) is 14.2 Å². The lowest BCUT2D eigenvalue weighted by Gasteiger charge is -2.04. The molecule has 0 radical (unpaired) electrons. The number of benzene rings is 1. The Kier molecular flexibility index (Phi) is 4.62. The van der Waals surface area contributed by atoms with E-state index in [1.54, 1.807) is 14.0 Å². The molecule has 1 aromatic carbocycles. The molecule has 1 N–H and O–H groups in total. The van der Waals surface area contributed by atoms with Crippen LogP contribution >= 0.6 is 11.8 Å². The number of esters is 1. The van der Waals surface area contributed by atoms with Crippen LogP contribution in [0.25, 0.3) is 11.4 Å². The molecule has 1 heterocycles. The third kappa shape index (κ3) is 3.30. The second-order valence-electron chi connectivity index (χ2n) is 3.98. The molecule has 0 unspecified atom stereocenters. The van der Waals surface area contributed by atoms with Gasteiger partial charge in [0.15, 0.2) is 5.82 Å². The summed E-state index contributed by atoms with van der Waals surface area (Å²) in [4.78, 5) is 15.7. The highest BCUT2D eigenvalue weighted by atomic mass is 32.2. The van der Waals surface area contributed by atoms with Crippen molar-refractivity contribution in [3.05, 3.63) is 24.3 Å². The predicted octanol–water partition coefficient (Wildman–Crippen LogP) is 2.13. The van der Waals surface area contributed by atoms with Crippen molar-refractivity contribution in [3.63, 3.8) is 0 Å². The Morgan fingerprint density at radius 2 is 2.00 bits per heavy atom. The maximum absolute atomic E-state index is 11.3. The first kappa shape index (κ1) is 14.4. The van der Waals surface area contributed by atoms with Gasteiger partial charge >= 0.3 is 5.97 Å². The van der Waals surface area contributed by atoms with E-state index in [-0.39, 0.29) is 11.2 Å². The van der Waals surface area contributed by atoms with Gasteiger partial charge in [0, 0.05) is 5.56 Å². The maximum Gasteiger partial charge on any atom is 0.318 e. The highest BCUT2D eigenvalue weighted by Crippen LogP contribution is 2.24. The monoisotopic (exact) mass is 293 g/mol. The van der Waals surface area contributed by atoms with Gasteiger partial charge in [-0.05, 0) is 31.2 Å². The summed E-state index contributed by atoms with van der Waals surface area (Å²) in [6.07, 6.45) is 0. The molecular weight excluding hydrogens is 278 g/mol. The third-order valence-corrected chi connectivity index (χ3v) is 3.58. The van der Waals surface area contributed by atoms with Crippen LogP contribution in [0.4, 0.5) is 0 Å². The molecule has 0 saturated carbocycles. The van der Waals surface area contributed by atoms with E-state index in [2.05, 4.69) is 19.9 Å². The first-order valence-corrected chi connectivity index (χ1v) is 6.83. The second-order valence-corrected chi connectivity index (χ2v) is 5.29. The lowest BCUT2D eigenvalue weighted by atomic mass is 10.2. The number of thioether (sulfide) groups is 1. The van der Waals surface area contributed by atoms with Crippen molar-refractivity contribution < 1.29 is 14.3 Å². The Morgan fingerprint density at radius 3 is 2.60 bits per heavy atom. The van der Waals surface area contributed by atoms with E-state index in [1.165, 1.54) is 18.9 Å². The van der Waals surface area contributed by atoms with Gasteiger partial charge in [-0.1, -0.05) is 11.8 Å². The zero-order valence-corrected chi connectivity index (χ0v) is 12.2. The number of rotatable bonds is 5. The van der Waals surface area contributed by atoms with E-state index in [9.17, 15) is 4.79 Å². The summed E-state index contributed by atoms with van der Waals surface area (Å²) in [7, 11) is 2.98. The zero-order valence-electron chi connectivity index (χ0n) is 11.4. The van der Waals surface area contributed by atoms with E-state index >= 15 is 0 Å². The minimum absolute atomic E-state index is 0.300. The molecule has 1 aromatic heterocycles. The quantitative estimate of drug-likeness (QED) is 0.672. The van der Waals surface area contributed by atoms with Crippen LogP contribution in [0, 0.1) is 0 Å². The molecule has 0 aliphatic carbocycles. The first-order valence-electron chi connectivity index (χ1n) is 5.95. The molecule has 106 valence electrons. The Balaban J connectivity index is 2.09. The van der Waals surface area contributed by atoms with E-state index < -0.39 is 0 Å². The Labute approximate surface area is 120 Å². The van der Waals surface area contributed by atoms with E-state index in [0.717, 1.165) is 11.3 Å². The molecule has 0 bridgehead atoms. The number of methoxy groups -OCH3 is 2. The Morgan fingerprint density at radius 1 is 1.30 bits per heavy atom. The summed E-state index contributed by atoms with van der Waals surface area (Å²) in [5, 5.41) is 7.09. The number of hydrogen-bond acceptors (Lipinski definition) is 6. The number of carbonyl (C=O) groups excluding carboxylic acids is 1. The summed E-state index contributed by atoms with van der Waals surface area (Å²) in [6, 6.07) is 7.47. The van der Waals surface area contributed by atoms with Gasteiger partial charge in [0.2, 0.25) is 5.16 Å². The van der Waals surface area contributed by atoms with E-state index in [4.69, 9.17) is 4.74 Å². The third-order valence-electron chi connectivity index (χ3n) is 2.64. The van der Waals surface area contributed by atoms with Crippen LogP contribution in [0.1, 0.15) is 6.92 Å². The predicted molar refractivity (Wildman–Crippen MR) is 75.7 cm³/mol. The molecule has 2 aromatic rings. The number of aromatic nitrogens is 3. The van der Waals surface area contributed by atoms with Crippen molar-refractivity contribution in [2.24, 2.45) is 0 Å². The Bertz CT molecular complexity index is 583. The van der Waals surface area contributed by atoms with E-state index in [0.29, 0.717) is 11.0 Å². The normalized spacial score (nSPS) is 11.9. The minimum Gasteiger partial charge on any atom is -0.497 e. The molecular formula is C13H15N3O3S. The molecule has 0 fully saturated rings. The van der Waals surface area contributed by atoms with Gasteiger partial charge in [0.25, 0.3) is 0 Å². The highest BCUT2D eigenvalue weighted by molar-refractivity contribution is 8.00. The molecule has 6 nitrogen and oxygen atoms in total. The molecule has 0 saturated heterocycles. The molecule has 0 spiro atoms. The number of hydrogen-bond donors (Lipinski definition) is 1. The molecule has 1 atom stereocenters. The molecule has 0 aliphatic rings. The van der Waals surface area contributed by atoms with Gasteiger partial charge < -0.3 is 9.47 Å². The fourth-order valence-electron chi connectivity index (χ4n) is 1.55. The smallest absolute Gasteiger partial charge is 0.318 e. The summed E-state index contributed by atoms with van der Waals surface area (Å²) in [6.45, 7) is 1.75. The van der Waals surface area contributed by atoms with E-state index in [1.807, 2.05) is 24.3 Å². The van der Waals surface area contributed by atoms with Gasteiger partial charge in [-0.25, -0.2) is 4.98 Å². The number of aromatic amines is 1. The van der Waals surface area contributed by atoms with Crippen molar-refractivity contribution in [1.29, 1.82) is 0 Å². The first-order chi connectivity index (χ1) is 9.63. The molecule has 2 rings (SSSR count). The fourth-order valence-corrected chi connectivity index (χ4v) is 2.30. The van der Waals surface area contributed by atoms with Gasteiger partial charge in [-0.3, -0.25) is 9.89 Å². The SMILES string of the molecule is COC(=O)[C@H](C)Sc1n[nH]c(-c2ccc(OC)cc2)n1. The van der Waals surface area contributed by atoms with Crippen LogP contribution in [0.15, 0.2) is 29.4 Å². The lowest BCUT2D eigenvalue weighted by Crippen LogP contribution is -2.14. The van der Waals surface area contributed by atoms with Gasteiger partial charge in [-0.15, -0.1) is 5.10 Å². The summed E-state index contributed by atoms with van der Waals surface area (Å²) < 4.78 is 9.76. The van der Waals surface area contributed by atoms with Crippen LogP contribution in [-0.4, -0.2) is 40.6 Å². The Hall–Kier alpha value is -2.02. The number of carbonyl (C=O) groups is 1. The zero-order chi connectivity index (χ0) is 14.5. The molecule has 20 heavy (non-hydrogen) atoms. The highest BCUT2D eigenvalue weighted by Gasteiger charge is 2.17. The summed E-state index contributed by atoms with van der Waals surface area (Å²) >= 11 is 1.25. The van der Waals surface area contributed by atoms with Crippen molar-refractivity contribution >= 4 is 17.7 Å². The minimum atomic E-state index is -0.348. The van der Waals surface area contributed by atoms with Crippen molar-refractivity contribution in [1.82, 2.24) is 15.2 Å². The van der Waals surface area contributed by atoms with Crippen molar-refractivity contribution in [3.8, 4) is 17.1 Å². The lowest BCUT2D eigenvalue weighted by molar-refractivity contribution is -0.139. The van der Waals surface area contributed by atoms with Crippen molar-refractivity contribution in [2.45, 2.75) is 17.3 Å². The largest absolute Gasteiger partial charge is 0.497 e. The van der Waals surface area contributed by atoms with Crippen LogP contribution in [0.2, 0.25) is 0 Å². The summed E-state index contributed by atoms with van der Waals surface area (Å²) in [5.74, 6) is 1.13. The van der Waals surface area contributed by atoms with Crippen LogP contribution in [-0.2, 0) is 9.53 Å². The second kappa shape index (κ2) is 6.42.